The summed E-state index contributed by atoms with van der Waals surface area (Å²) in [4.78, 5) is 12.8. The van der Waals surface area contributed by atoms with Crippen LogP contribution in [-0.4, -0.2) is 20.4 Å². The van der Waals surface area contributed by atoms with Crippen molar-refractivity contribution in [3.05, 3.63) is 87.9 Å². The first kappa shape index (κ1) is 20.7. The first-order chi connectivity index (χ1) is 14.3. The Balaban J connectivity index is 1.63. The van der Waals surface area contributed by atoms with Crippen molar-refractivity contribution in [3.8, 4) is 0 Å². The number of amides is 1. The third-order valence-electron chi connectivity index (χ3n) is 4.95. The van der Waals surface area contributed by atoms with Crippen LogP contribution in [0.4, 0.5) is 11.4 Å². The molecule has 1 N–H and O–H groups in total. The largest absolute Gasteiger partial charge is 0.322 e. The normalized spacial score (nSPS) is 15.7. The second kappa shape index (κ2) is 7.95. The molecule has 1 aliphatic rings. The monoisotopic (exact) mass is 460 g/mol. The van der Waals surface area contributed by atoms with E-state index in [1.54, 1.807) is 54.6 Å². The van der Waals surface area contributed by atoms with E-state index in [2.05, 4.69) is 5.32 Å². The molecule has 8 heteroatoms. The molecule has 0 bridgehead atoms. The Bertz CT molecular complexity index is 1230. The number of nitrogens with zero attached hydrogens (tertiary/aromatic N) is 1. The molecule has 4 rings (SSSR count). The van der Waals surface area contributed by atoms with Gasteiger partial charge in [-0.3, -0.25) is 9.10 Å². The number of sulfonamides is 1. The third kappa shape index (κ3) is 3.90. The average molecular weight is 461 g/mol. The quantitative estimate of drug-likeness (QED) is 0.567. The van der Waals surface area contributed by atoms with E-state index in [1.165, 1.54) is 16.4 Å². The maximum Gasteiger partial charge on any atom is 0.264 e. The topological polar surface area (TPSA) is 66.5 Å². The van der Waals surface area contributed by atoms with E-state index in [-0.39, 0.29) is 16.8 Å². The van der Waals surface area contributed by atoms with Gasteiger partial charge in [0.2, 0.25) is 0 Å². The molecular weight excluding hydrogens is 443 g/mol. The third-order valence-corrected chi connectivity index (χ3v) is 7.38. The van der Waals surface area contributed by atoms with Crippen LogP contribution < -0.4 is 9.62 Å². The summed E-state index contributed by atoms with van der Waals surface area (Å²) in [7, 11) is -3.74. The number of halogens is 2. The van der Waals surface area contributed by atoms with E-state index in [0.717, 1.165) is 5.56 Å². The number of hydrogen-bond donors (Lipinski definition) is 1. The van der Waals surface area contributed by atoms with Gasteiger partial charge in [-0.2, -0.15) is 0 Å². The van der Waals surface area contributed by atoms with Crippen LogP contribution in [0.3, 0.4) is 0 Å². The van der Waals surface area contributed by atoms with Crippen molar-refractivity contribution in [3.63, 3.8) is 0 Å². The summed E-state index contributed by atoms with van der Waals surface area (Å²) >= 11 is 11.9. The smallest absolute Gasteiger partial charge is 0.264 e. The standard InChI is InChI=1S/C22H18Cl2N2O3S/c1-14-11-16-12-15(22(27)25-19-4-2-3-18(24)13-19)5-10-21(16)26(14)30(28,29)20-8-6-17(23)7-9-20/h2-10,12-14H,11H2,1H3,(H,25,27)/t14-/m0/s1. The lowest BCUT2D eigenvalue weighted by Gasteiger charge is -2.24. The van der Waals surface area contributed by atoms with Crippen molar-refractivity contribution in [2.24, 2.45) is 0 Å². The summed E-state index contributed by atoms with van der Waals surface area (Å²) in [6.45, 7) is 1.85. The molecule has 0 aliphatic carbocycles. The highest BCUT2D eigenvalue weighted by Gasteiger charge is 2.36. The molecule has 0 fully saturated rings. The van der Waals surface area contributed by atoms with Gasteiger partial charge in [0.1, 0.15) is 0 Å². The van der Waals surface area contributed by atoms with Crippen LogP contribution in [0, 0.1) is 0 Å². The van der Waals surface area contributed by atoms with Gasteiger partial charge in [-0.1, -0.05) is 29.3 Å². The van der Waals surface area contributed by atoms with Gasteiger partial charge >= 0.3 is 0 Å². The number of anilines is 2. The second-order valence-corrected chi connectivity index (χ2v) is 9.80. The minimum absolute atomic E-state index is 0.175. The summed E-state index contributed by atoms with van der Waals surface area (Å²) in [6.07, 6.45) is 0.514. The van der Waals surface area contributed by atoms with E-state index in [1.807, 2.05) is 6.92 Å². The fourth-order valence-electron chi connectivity index (χ4n) is 3.60. The summed E-state index contributed by atoms with van der Waals surface area (Å²) in [5.41, 5.74) is 2.43. The molecule has 1 aliphatic heterocycles. The Morgan fingerprint density at radius 1 is 1.00 bits per heavy atom. The van der Waals surface area contributed by atoms with E-state index in [4.69, 9.17) is 23.2 Å². The molecule has 0 aromatic heterocycles. The Morgan fingerprint density at radius 2 is 1.73 bits per heavy atom. The van der Waals surface area contributed by atoms with E-state index >= 15 is 0 Å². The maximum absolute atomic E-state index is 13.2. The van der Waals surface area contributed by atoms with Crippen LogP contribution in [0.2, 0.25) is 10.0 Å². The number of benzene rings is 3. The zero-order valence-electron chi connectivity index (χ0n) is 16.0. The Kier molecular flexibility index (Phi) is 5.49. The molecule has 0 saturated heterocycles. The van der Waals surface area contributed by atoms with Crippen LogP contribution >= 0.6 is 23.2 Å². The molecular formula is C22H18Cl2N2O3S. The molecule has 0 spiro atoms. The van der Waals surface area contributed by atoms with Gasteiger partial charge in [0.05, 0.1) is 10.6 Å². The van der Waals surface area contributed by atoms with Crippen molar-refractivity contribution in [1.82, 2.24) is 0 Å². The number of fused-ring (bicyclic) bond motifs is 1. The first-order valence-electron chi connectivity index (χ1n) is 9.25. The first-order valence-corrected chi connectivity index (χ1v) is 11.4. The average Bonchev–Trinajstić information content (AvgIpc) is 3.03. The minimum Gasteiger partial charge on any atom is -0.322 e. The van der Waals surface area contributed by atoms with E-state index < -0.39 is 10.0 Å². The van der Waals surface area contributed by atoms with Crippen LogP contribution in [-0.2, 0) is 16.4 Å². The summed E-state index contributed by atoms with van der Waals surface area (Å²) in [5.74, 6) is -0.285. The molecule has 1 heterocycles. The Labute approximate surface area is 185 Å². The van der Waals surface area contributed by atoms with Crippen LogP contribution in [0.1, 0.15) is 22.8 Å². The van der Waals surface area contributed by atoms with Crippen molar-refractivity contribution >= 4 is 50.5 Å². The van der Waals surface area contributed by atoms with Gasteiger partial charge in [0.15, 0.2) is 0 Å². The van der Waals surface area contributed by atoms with Crippen molar-refractivity contribution in [1.29, 1.82) is 0 Å². The molecule has 30 heavy (non-hydrogen) atoms. The van der Waals surface area contributed by atoms with Crippen LogP contribution in [0.5, 0.6) is 0 Å². The fourth-order valence-corrected chi connectivity index (χ4v) is 5.61. The molecule has 0 unspecified atom stereocenters. The molecule has 1 amide bonds. The molecule has 1 atom stereocenters. The lowest BCUT2D eigenvalue weighted by molar-refractivity contribution is 0.102. The van der Waals surface area contributed by atoms with Gasteiger partial charge in [0.25, 0.3) is 15.9 Å². The number of carbonyl (C=O) groups is 1. The minimum atomic E-state index is -3.74. The zero-order chi connectivity index (χ0) is 21.5. The molecule has 3 aromatic carbocycles. The summed E-state index contributed by atoms with van der Waals surface area (Å²) < 4.78 is 27.8. The lowest BCUT2D eigenvalue weighted by Crippen LogP contribution is -2.35. The highest BCUT2D eigenvalue weighted by molar-refractivity contribution is 7.92. The van der Waals surface area contributed by atoms with E-state index in [0.29, 0.717) is 33.4 Å². The van der Waals surface area contributed by atoms with E-state index in [9.17, 15) is 13.2 Å². The zero-order valence-corrected chi connectivity index (χ0v) is 18.3. The van der Waals surface area contributed by atoms with Gasteiger partial charge in [-0.15, -0.1) is 0 Å². The van der Waals surface area contributed by atoms with Crippen molar-refractivity contribution in [2.45, 2.75) is 24.3 Å². The van der Waals surface area contributed by atoms with Gasteiger partial charge in [-0.05, 0) is 79.6 Å². The molecule has 0 saturated carbocycles. The molecule has 154 valence electrons. The molecule has 5 nitrogen and oxygen atoms in total. The summed E-state index contributed by atoms with van der Waals surface area (Å²) in [5, 5.41) is 3.80. The number of rotatable bonds is 4. The van der Waals surface area contributed by atoms with Gasteiger partial charge in [0, 0.05) is 27.3 Å². The number of carbonyl (C=O) groups excluding carboxylic acids is 1. The Hall–Kier alpha value is -2.54. The van der Waals surface area contributed by atoms with Crippen molar-refractivity contribution < 1.29 is 13.2 Å². The van der Waals surface area contributed by atoms with Crippen LogP contribution in [0.15, 0.2) is 71.6 Å². The lowest BCUT2D eigenvalue weighted by atomic mass is 10.1. The second-order valence-electron chi connectivity index (χ2n) is 7.12. The molecule has 3 aromatic rings. The van der Waals surface area contributed by atoms with Gasteiger partial charge in [-0.25, -0.2) is 8.42 Å². The number of nitrogens with one attached hydrogen (secondary N) is 1. The fraction of sp³-hybridized carbons (Fsp3) is 0.136. The highest BCUT2D eigenvalue weighted by atomic mass is 35.5. The predicted molar refractivity (Wildman–Crippen MR) is 120 cm³/mol. The van der Waals surface area contributed by atoms with Gasteiger partial charge < -0.3 is 5.32 Å². The number of hydrogen-bond acceptors (Lipinski definition) is 3. The molecule has 0 radical (unpaired) electrons. The van der Waals surface area contributed by atoms with Crippen LogP contribution in [0.25, 0.3) is 0 Å². The Morgan fingerprint density at radius 3 is 2.43 bits per heavy atom. The predicted octanol–water partition coefficient (Wildman–Crippen LogP) is 5.39. The highest BCUT2D eigenvalue weighted by Crippen LogP contribution is 2.37. The van der Waals surface area contributed by atoms with Crippen molar-refractivity contribution in [2.75, 3.05) is 9.62 Å². The SMILES string of the molecule is C[C@H]1Cc2cc(C(=O)Nc3cccc(Cl)c3)ccc2N1S(=O)(=O)c1ccc(Cl)cc1. The maximum atomic E-state index is 13.2. The summed E-state index contributed by atoms with van der Waals surface area (Å²) in [6, 6.07) is 17.8.